The number of nitrogens with one attached hydrogen (secondary N) is 2. The average Bonchev–Trinajstić information content (AvgIpc) is 2.90. The van der Waals surface area contributed by atoms with Gasteiger partial charge in [0.05, 0.1) is 24.0 Å². The first-order chi connectivity index (χ1) is 18.9. The molecule has 0 saturated carbocycles. The van der Waals surface area contributed by atoms with Crippen molar-refractivity contribution in [3.8, 4) is 0 Å². The summed E-state index contributed by atoms with van der Waals surface area (Å²) in [7, 11) is 1.84. The van der Waals surface area contributed by atoms with E-state index in [-0.39, 0.29) is 42.6 Å². The maximum atomic E-state index is 12.7. The normalized spacial score (nSPS) is 12.1. The van der Waals surface area contributed by atoms with Gasteiger partial charge in [-0.25, -0.2) is 14.8 Å². The largest absolute Gasteiger partial charge is 0.480 e. The number of benzene rings is 1. The number of nitrogens with two attached hydrogens (primary N) is 2. The van der Waals surface area contributed by atoms with Gasteiger partial charge in [0.2, 0.25) is 11.9 Å². The van der Waals surface area contributed by atoms with Gasteiger partial charge in [0.15, 0.2) is 17.0 Å². The quantitative estimate of drug-likeness (QED) is 0.201. The smallest absolute Gasteiger partial charge is 0.326 e. The van der Waals surface area contributed by atoms with E-state index < -0.39 is 23.5 Å². The summed E-state index contributed by atoms with van der Waals surface area (Å²) in [5, 5.41) is 14.8. The van der Waals surface area contributed by atoms with Gasteiger partial charge in [0.25, 0.3) is 5.91 Å². The molecule has 1 unspecified atom stereocenters. The number of hydrogen-bond acceptors (Lipinski definition) is 11. The van der Waals surface area contributed by atoms with Crippen molar-refractivity contribution in [3.63, 3.8) is 0 Å². The molecule has 0 spiro atoms. The van der Waals surface area contributed by atoms with Crippen molar-refractivity contribution in [2.75, 3.05) is 36.6 Å². The van der Waals surface area contributed by atoms with Gasteiger partial charge in [-0.1, -0.05) is 0 Å². The summed E-state index contributed by atoms with van der Waals surface area (Å²) in [5.74, 6) is -1.95. The molecule has 2 amide bonds. The number of rotatable bonds is 13. The van der Waals surface area contributed by atoms with E-state index in [1.165, 1.54) is 0 Å². The second-order valence-corrected chi connectivity index (χ2v) is 9.78. The molecule has 214 valence electrons. The van der Waals surface area contributed by atoms with Crippen molar-refractivity contribution in [2.45, 2.75) is 51.8 Å². The van der Waals surface area contributed by atoms with E-state index in [1.807, 2.05) is 32.7 Å². The Morgan fingerprint density at radius 3 is 2.48 bits per heavy atom. The van der Waals surface area contributed by atoms with Crippen molar-refractivity contribution >= 4 is 46.4 Å². The maximum absolute atomic E-state index is 12.7. The minimum atomic E-state index is -1.22. The summed E-state index contributed by atoms with van der Waals surface area (Å²) in [6.45, 7) is 6.73. The number of carbonyl (C=O) groups is 3. The van der Waals surface area contributed by atoms with Crippen LogP contribution in [0.1, 0.15) is 49.7 Å². The Morgan fingerprint density at radius 1 is 1.12 bits per heavy atom. The van der Waals surface area contributed by atoms with Gasteiger partial charge in [-0.15, -0.1) is 0 Å². The van der Waals surface area contributed by atoms with Crippen molar-refractivity contribution in [2.24, 2.45) is 0 Å². The van der Waals surface area contributed by atoms with Crippen LogP contribution >= 0.6 is 0 Å². The zero-order valence-corrected chi connectivity index (χ0v) is 23.0. The third-order valence-corrected chi connectivity index (χ3v) is 5.98. The lowest BCUT2D eigenvalue weighted by molar-refractivity contribution is -0.139. The van der Waals surface area contributed by atoms with Crippen LogP contribution in [0.4, 0.5) is 17.5 Å². The number of aromatic nitrogens is 4. The molecule has 40 heavy (non-hydrogen) atoms. The molecule has 7 N–H and O–H groups in total. The Kier molecular flexibility index (Phi) is 9.72. The molecule has 1 aromatic carbocycles. The number of hydrogen-bond donors (Lipinski definition) is 5. The number of carboxylic acids is 1. The van der Waals surface area contributed by atoms with Gasteiger partial charge < -0.3 is 36.8 Å². The van der Waals surface area contributed by atoms with E-state index in [2.05, 4.69) is 30.6 Å². The van der Waals surface area contributed by atoms with Gasteiger partial charge >= 0.3 is 5.97 Å². The molecule has 0 saturated heterocycles. The highest BCUT2D eigenvalue weighted by atomic mass is 16.5. The topological polar surface area (TPSA) is 212 Å². The molecule has 1 atom stereocenters. The minimum absolute atomic E-state index is 0.0194. The monoisotopic (exact) mass is 553 g/mol. The predicted octanol–water partition coefficient (Wildman–Crippen LogP) is 1.12. The lowest BCUT2D eigenvalue weighted by Gasteiger charge is -2.25. The van der Waals surface area contributed by atoms with E-state index in [1.54, 1.807) is 30.5 Å². The fourth-order valence-corrected chi connectivity index (χ4v) is 3.88. The number of anilines is 3. The van der Waals surface area contributed by atoms with Crippen LogP contribution in [0.3, 0.4) is 0 Å². The molecule has 2 aromatic heterocycles. The Morgan fingerprint density at radius 2 is 1.82 bits per heavy atom. The number of nitrogen functional groups attached to an aromatic ring is 2. The zero-order valence-electron chi connectivity index (χ0n) is 23.0. The molecule has 0 bridgehead atoms. The molecular formula is C26H35N9O5. The maximum Gasteiger partial charge on any atom is 0.326 e. The van der Waals surface area contributed by atoms with Gasteiger partial charge in [0, 0.05) is 37.9 Å². The molecule has 2 heterocycles. The van der Waals surface area contributed by atoms with Crippen LogP contribution in [0.15, 0.2) is 30.5 Å². The number of carboxylic acid groups (broad SMARTS) is 1. The molecule has 0 fully saturated rings. The third-order valence-electron chi connectivity index (χ3n) is 5.98. The van der Waals surface area contributed by atoms with Crippen LogP contribution in [0.5, 0.6) is 0 Å². The zero-order chi connectivity index (χ0) is 29.4. The van der Waals surface area contributed by atoms with Crippen LogP contribution in [-0.4, -0.2) is 74.7 Å². The van der Waals surface area contributed by atoms with Crippen molar-refractivity contribution in [1.82, 2.24) is 30.6 Å². The summed E-state index contributed by atoms with van der Waals surface area (Å²) >= 11 is 0. The van der Waals surface area contributed by atoms with Crippen molar-refractivity contribution < 1.29 is 24.2 Å². The van der Waals surface area contributed by atoms with Gasteiger partial charge in [-0.3, -0.25) is 9.59 Å². The number of fused-ring (bicyclic) bond motifs is 1. The molecule has 14 heteroatoms. The average molecular weight is 554 g/mol. The Bertz CT molecular complexity index is 1360. The number of carbonyl (C=O) groups excluding carboxylic acids is 2. The second kappa shape index (κ2) is 13.0. The molecule has 0 aliphatic rings. The lowest BCUT2D eigenvalue weighted by Crippen LogP contribution is -2.43. The lowest BCUT2D eigenvalue weighted by atomic mass is 10.1. The van der Waals surface area contributed by atoms with Gasteiger partial charge in [-0.05, 0) is 51.5 Å². The molecule has 14 nitrogen and oxygen atoms in total. The highest BCUT2D eigenvalue weighted by Crippen LogP contribution is 2.19. The second-order valence-electron chi connectivity index (χ2n) is 9.78. The first-order valence-corrected chi connectivity index (χ1v) is 12.7. The number of nitrogens with zero attached hydrogens (tertiary/aromatic N) is 5. The Hall–Kier alpha value is -4.59. The van der Waals surface area contributed by atoms with Crippen molar-refractivity contribution in [1.29, 1.82) is 0 Å². The number of ether oxygens (including phenoxy) is 1. The molecule has 0 aliphatic heterocycles. The summed E-state index contributed by atoms with van der Waals surface area (Å²) in [5.41, 5.74) is 13.3. The third kappa shape index (κ3) is 8.20. The molecule has 3 aromatic rings. The number of amides is 2. The molecule has 0 radical (unpaired) electrons. The molecule has 0 aliphatic carbocycles. The summed E-state index contributed by atoms with van der Waals surface area (Å²) < 4.78 is 5.53. The van der Waals surface area contributed by atoms with E-state index in [9.17, 15) is 19.5 Å². The molecular weight excluding hydrogens is 518 g/mol. The van der Waals surface area contributed by atoms with Crippen LogP contribution in [0.25, 0.3) is 11.2 Å². The Labute approximate surface area is 231 Å². The SMILES string of the molecule is CCOC(C)(C)CNC(=O)CCC(NC(=O)c1ccc(N(C)Cc2cnc3nc(N)nc(N)c3n2)cc1)C(=O)O. The fourth-order valence-electron chi connectivity index (χ4n) is 3.88. The van der Waals surface area contributed by atoms with E-state index >= 15 is 0 Å². The minimum Gasteiger partial charge on any atom is -0.480 e. The van der Waals surface area contributed by atoms with Crippen molar-refractivity contribution in [3.05, 3.63) is 41.7 Å². The predicted molar refractivity (Wildman–Crippen MR) is 149 cm³/mol. The summed E-state index contributed by atoms with van der Waals surface area (Å²) in [4.78, 5) is 55.2. The first-order valence-electron chi connectivity index (χ1n) is 12.7. The molecule has 3 rings (SSSR count). The van der Waals surface area contributed by atoms with E-state index in [0.29, 0.717) is 30.0 Å². The Balaban J connectivity index is 1.56. The van der Waals surface area contributed by atoms with Crippen LogP contribution in [0.2, 0.25) is 0 Å². The highest BCUT2D eigenvalue weighted by Gasteiger charge is 2.23. The standard InChI is InChI=1S/C26H35N9O5/c1-5-40-26(2,3)14-30-19(36)11-10-18(24(38)39)32-23(37)15-6-8-17(9-7-15)35(4)13-16-12-29-22-20(31-16)21(27)33-25(28)34-22/h6-9,12,18H,5,10-11,13-14H2,1-4H3,(H,30,36)(H,32,37)(H,38,39)(H4,27,28,29,33,34). The van der Waals surface area contributed by atoms with Gasteiger partial charge in [0.1, 0.15) is 6.04 Å². The van der Waals surface area contributed by atoms with E-state index in [0.717, 1.165) is 5.69 Å². The van der Waals surface area contributed by atoms with E-state index in [4.69, 9.17) is 16.2 Å². The van der Waals surface area contributed by atoms with Crippen LogP contribution < -0.4 is 27.0 Å². The van der Waals surface area contributed by atoms with Crippen LogP contribution in [-0.2, 0) is 20.9 Å². The number of aliphatic carboxylic acids is 1. The first kappa shape index (κ1) is 30.0. The fraction of sp³-hybridized carbons (Fsp3) is 0.423. The van der Waals surface area contributed by atoms with Crippen LogP contribution in [0, 0.1) is 0 Å². The summed E-state index contributed by atoms with van der Waals surface area (Å²) in [6, 6.07) is 5.40. The highest BCUT2D eigenvalue weighted by molar-refractivity contribution is 5.97. The van der Waals surface area contributed by atoms with Gasteiger partial charge in [-0.2, -0.15) is 9.97 Å². The summed E-state index contributed by atoms with van der Waals surface area (Å²) in [6.07, 6.45) is 1.45.